The molecule has 0 amide bonds. The van der Waals surface area contributed by atoms with E-state index < -0.39 is 10.0 Å². The van der Waals surface area contributed by atoms with E-state index in [0.29, 0.717) is 24.3 Å². The lowest BCUT2D eigenvalue weighted by atomic mass is 10.2. The van der Waals surface area contributed by atoms with Gasteiger partial charge in [-0.25, -0.2) is 17.8 Å². The van der Waals surface area contributed by atoms with Gasteiger partial charge in [0.05, 0.1) is 17.1 Å². The van der Waals surface area contributed by atoms with Crippen LogP contribution in [0.25, 0.3) is 11.5 Å². The number of sulfonamides is 1. The van der Waals surface area contributed by atoms with E-state index in [1.165, 1.54) is 57.7 Å². The Morgan fingerprint density at radius 3 is 2.43 bits per heavy atom. The lowest BCUT2D eigenvalue weighted by molar-refractivity contribution is 0.444. The van der Waals surface area contributed by atoms with Crippen LogP contribution in [-0.4, -0.2) is 35.4 Å². The largest absolute Gasteiger partial charge is 0.444 e. The second-order valence-corrected chi connectivity index (χ2v) is 8.01. The van der Waals surface area contributed by atoms with Crippen molar-refractivity contribution in [2.75, 3.05) is 13.1 Å². The first-order valence-corrected chi connectivity index (χ1v) is 10.2. The third kappa shape index (κ3) is 4.05. The highest BCUT2D eigenvalue weighted by atomic mass is 32.2. The van der Waals surface area contributed by atoms with Crippen LogP contribution in [0.4, 0.5) is 4.39 Å². The van der Waals surface area contributed by atoms with E-state index in [-0.39, 0.29) is 28.7 Å². The third-order valence-electron chi connectivity index (χ3n) is 4.27. The number of oxazole rings is 1. The van der Waals surface area contributed by atoms with Crippen LogP contribution in [0.3, 0.4) is 0 Å². The Labute approximate surface area is 162 Å². The van der Waals surface area contributed by atoms with Gasteiger partial charge in [0.2, 0.25) is 15.9 Å². The number of benzene rings is 1. The van der Waals surface area contributed by atoms with Crippen LogP contribution < -0.4 is 5.56 Å². The maximum absolute atomic E-state index is 13.0. The molecule has 0 N–H and O–H groups in total. The second-order valence-electron chi connectivity index (χ2n) is 6.07. The first-order valence-electron chi connectivity index (χ1n) is 8.76. The van der Waals surface area contributed by atoms with Crippen molar-refractivity contribution in [2.24, 2.45) is 0 Å². The highest BCUT2D eigenvalue weighted by Crippen LogP contribution is 2.19. The van der Waals surface area contributed by atoms with Crippen molar-refractivity contribution in [3.8, 4) is 11.5 Å². The highest BCUT2D eigenvalue weighted by molar-refractivity contribution is 7.89. The molecule has 9 heteroatoms. The van der Waals surface area contributed by atoms with Crippen LogP contribution in [0.5, 0.6) is 0 Å². The van der Waals surface area contributed by atoms with Crippen LogP contribution in [-0.2, 0) is 16.6 Å². The molecule has 7 nitrogen and oxygen atoms in total. The number of rotatable bonds is 7. The van der Waals surface area contributed by atoms with Gasteiger partial charge in [-0.3, -0.25) is 4.79 Å². The van der Waals surface area contributed by atoms with Crippen LogP contribution in [0.2, 0.25) is 0 Å². The molecule has 148 valence electrons. The van der Waals surface area contributed by atoms with Crippen LogP contribution in [0.1, 0.15) is 19.5 Å². The standard InChI is InChI=1S/C19H20FN3O4S/c1-3-23(4-2)28(25,26)17-9-10-18(24)22(12-17)11-16-13-27-19(21-16)14-5-7-15(20)8-6-14/h5-10,12-13H,3-4,11H2,1-2H3. The Balaban J connectivity index is 1.89. The molecule has 28 heavy (non-hydrogen) atoms. The molecule has 2 aromatic heterocycles. The van der Waals surface area contributed by atoms with Crippen molar-refractivity contribution >= 4 is 10.0 Å². The monoisotopic (exact) mass is 405 g/mol. The molecule has 0 atom stereocenters. The van der Waals surface area contributed by atoms with Crippen molar-refractivity contribution in [1.29, 1.82) is 0 Å². The smallest absolute Gasteiger partial charge is 0.250 e. The Bertz CT molecular complexity index is 1120. The molecule has 0 unspecified atom stereocenters. The maximum atomic E-state index is 13.0. The SMILES string of the molecule is CCN(CC)S(=O)(=O)c1ccc(=O)n(Cc2coc(-c3ccc(F)cc3)n2)c1. The summed E-state index contributed by atoms with van der Waals surface area (Å²) in [6.07, 6.45) is 2.69. The normalized spacial score (nSPS) is 11.9. The summed E-state index contributed by atoms with van der Waals surface area (Å²) in [7, 11) is -3.68. The summed E-state index contributed by atoms with van der Waals surface area (Å²) < 4.78 is 46.4. The number of pyridine rings is 1. The van der Waals surface area contributed by atoms with Crippen molar-refractivity contribution in [3.63, 3.8) is 0 Å². The number of halogens is 1. The molecule has 0 spiro atoms. The molecule has 0 aliphatic carbocycles. The first-order chi connectivity index (χ1) is 13.3. The quantitative estimate of drug-likeness (QED) is 0.603. The van der Waals surface area contributed by atoms with Gasteiger partial charge < -0.3 is 8.98 Å². The molecule has 0 saturated heterocycles. The maximum Gasteiger partial charge on any atom is 0.250 e. The summed E-state index contributed by atoms with van der Waals surface area (Å²) in [5.41, 5.74) is 0.682. The predicted octanol–water partition coefficient (Wildman–Crippen LogP) is 2.72. The average molecular weight is 405 g/mol. The molecule has 0 saturated carbocycles. The van der Waals surface area contributed by atoms with Crippen LogP contribution in [0.15, 0.2) is 63.0 Å². The number of nitrogens with zero attached hydrogens (tertiary/aromatic N) is 3. The zero-order chi connectivity index (χ0) is 20.3. The summed E-state index contributed by atoms with van der Waals surface area (Å²) in [6.45, 7) is 4.22. The zero-order valence-corrected chi connectivity index (χ0v) is 16.3. The van der Waals surface area contributed by atoms with Gasteiger partial charge in [-0.15, -0.1) is 0 Å². The summed E-state index contributed by atoms with van der Waals surface area (Å²) in [5, 5.41) is 0. The zero-order valence-electron chi connectivity index (χ0n) is 15.5. The molecule has 3 aromatic rings. The topological polar surface area (TPSA) is 85.4 Å². The average Bonchev–Trinajstić information content (AvgIpc) is 3.13. The third-order valence-corrected chi connectivity index (χ3v) is 6.31. The van der Waals surface area contributed by atoms with Gasteiger partial charge in [0, 0.05) is 30.9 Å². The van der Waals surface area contributed by atoms with Crippen LogP contribution in [0, 0.1) is 5.82 Å². The molecule has 0 bridgehead atoms. The molecule has 2 heterocycles. The fraction of sp³-hybridized carbons (Fsp3) is 0.263. The fourth-order valence-electron chi connectivity index (χ4n) is 2.78. The van der Waals surface area contributed by atoms with E-state index in [0.717, 1.165) is 0 Å². The minimum Gasteiger partial charge on any atom is -0.444 e. The van der Waals surface area contributed by atoms with E-state index >= 15 is 0 Å². The molecule has 0 aliphatic heterocycles. The van der Waals surface area contributed by atoms with Crippen molar-refractivity contribution in [2.45, 2.75) is 25.3 Å². The Morgan fingerprint density at radius 2 is 1.79 bits per heavy atom. The van der Waals surface area contributed by atoms with E-state index in [9.17, 15) is 17.6 Å². The molecular formula is C19H20FN3O4S. The van der Waals surface area contributed by atoms with E-state index in [4.69, 9.17) is 4.42 Å². The summed E-state index contributed by atoms with van der Waals surface area (Å²) in [5.74, 6) is -0.0803. The van der Waals surface area contributed by atoms with E-state index in [1.807, 2.05) is 0 Å². The summed E-state index contributed by atoms with van der Waals surface area (Å²) in [4.78, 5) is 16.5. The van der Waals surface area contributed by atoms with Crippen molar-refractivity contribution in [3.05, 3.63) is 70.7 Å². The van der Waals surface area contributed by atoms with Crippen molar-refractivity contribution in [1.82, 2.24) is 13.9 Å². The minimum atomic E-state index is -3.68. The van der Waals surface area contributed by atoms with Crippen molar-refractivity contribution < 1.29 is 17.2 Å². The van der Waals surface area contributed by atoms with Gasteiger partial charge in [-0.05, 0) is 30.3 Å². The summed E-state index contributed by atoms with van der Waals surface area (Å²) >= 11 is 0. The predicted molar refractivity (Wildman–Crippen MR) is 102 cm³/mol. The Kier molecular flexibility index (Phi) is 5.76. The second kappa shape index (κ2) is 8.07. The molecule has 1 aromatic carbocycles. The number of hydrogen-bond acceptors (Lipinski definition) is 5. The highest BCUT2D eigenvalue weighted by Gasteiger charge is 2.22. The molecule has 0 radical (unpaired) electrons. The first kappa shape index (κ1) is 20.0. The minimum absolute atomic E-state index is 0.0399. The van der Waals surface area contributed by atoms with Gasteiger partial charge in [-0.1, -0.05) is 13.8 Å². The molecule has 0 aliphatic rings. The molecule has 3 rings (SSSR count). The van der Waals surface area contributed by atoms with E-state index in [1.54, 1.807) is 13.8 Å². The molecular weight excluding hydrogens is 385 g/mol. The molecule has 0 fully saturated rings. The van der Waals surface area contributed by atoms with Crippen LogP contribution >= 0.6 is 0 Å². The number of aromatic nitrogens is 2. The summed E-state index contributed by atoms with van der Waals surface area (Å²) in [6, 6.07) is 8.19. The Morgan fingerprint density at radius 1 is 1.11 bits per heavy atom. The van der Waals surface area contributed by atoms with Gasteiger partial charge in [0.15, 0.2) is 0 Å². The number of hydrogen-bond donors (Lipinski definition) is 0. The van der Waals surface area contributed by atoms with Gasteiger partial charge in [0.1, 0.15) is 12.1 Å². The van der Waals surface area contributed by atoms with E-state index in [2.05, 4.69) is 4.98 Å². The van der Waals surface area contributed by atoms with Gasteiger partial charge in [0.25, 0.3) is 5.56 Å². The fourth-order valence-corrected chi connectivity index (χ4v) is 4.26. The lowest BCUT2D eigenvalue weighted by Gasteiger charge is -2.18. The Hall–Kier alpha value is -2.78. The lowest BCUT2D eigenvalue weighted by Crippen LogP contribution is -2.32. The van der Waals surface area contributed by atoms with Gasteiger partial charge >= 0.3 is 0 Å². The van der Waals surface area contributed by atoms with Gasteiger partial charge in [-0.2, -0.15) is 4.31 Å².